The van der Waals surface area contributed by atoms with E-state index in [2.05, 4.69) is 10.1 Å². The Morgan fingerprint density at radius 3 is 2.45 bits per heavy atom. The van der Waals surface area contributed by atoms with Gasteiger partial charge in [-0.15, -0.1) is 0 Å². The van der Waals surface area contributed by atoms with Gasteiger partial charge in [-0.05, 0) is 32.2 Å². The van der Waals surface area contributed by atoms with Crippen LogP contribution >= 0.6 is 0 Å². The second kappa shape index (κ2) is 8.47. The molecule has 5 nitrogen and oxygen atoms in total. The number of aliphatic hydroxyl groups is 1. The molecular formula is C15H31N3O2. The maximum atomic E-state index is 9.19. The van der Waals surface area contributed by atoms with Crippen molar-refractivity contribution in [2.45, 2.75) is 64.8 Å². The number of hydrogen-bond acceptors (Lipinski definition) is 4. The zero-order chi connectivity index (χ0) is 15.0. The first-order valence-electron chi connectivity index (χ1n) is 7.84. The second-order valence-electron chi connectivity index (χ2n) is 6.52. The zero-order valence-corrected chi connectivity index (χ0v) is 13.0. The van der Waals surface area contributed by atoms with Crippen molar-refractivity contribution < 1.29 is 10.3 Å². The smallest absolute Gasteiger partial charge is 0.144 e. The third kappa shape index (κ3) is 5.29. The summed E-state index contributed by atoms with van der Waals surface area (Å²) in [7, 11) is 0. The lowest BCUT2D eigenvalue weighted by Gasteiger charge is -2.29. The summed E-state index contributed by atoms with van der Waals surface area (Å²) in [5.74, 6) is 0.306. The summed E-state index contributed by atoms with van der Waals surface area (Å²) >= 11 is 0. The number of hydrogen-bond donors (Lipinski definition) is 3. The van der Waals surface area contributed by atoms with Gasteiger partial charge in [0.15, 0.2) is 0 Å². The molecule has 0 aliphatic heterocycles. The summed E-state index contributed by atoms with van der Waals surface area (Å²) < 4.78 is 0. The highest BCUT2D eigenvalue weighted by Crippen LogP contribution is 2.26. The number of oxime groups is 1. The van der Waals surface area contributed by atoms with Gasteiger partial charge in [0.25, 0.3) is 0 Å². The Labute approximate surface area is 122 Å². The largest absolute Gasteiger partial charge is 0.409 e. The van der Waals surface area contributed by atoms with E-state index in [1.165, 1.54) is 25.7 Å². The summed E-state index contributed by atoms with van der Waals surface area (Å²) in [6, 6.07) is 0.666. The SMILES string of the molecule is CC(C)(CCCCN(CCO)C1CCCC1)C(N)=NO. The lowest BCUT2D eigenvalue weighted by atomic mass is 9.86. The summed E-state index contributed by atoms with van der Waals surface area (Å²) in [6.07, 6.45) is 8.26. The average Bonchev–Trinajstić information content (AvgIpc) is 2.95. The van der Waals surface area contributed by atoms with Crippen LogP contribution in [0.3, 0.4) is 0 Å². The highest BCUT2D eigenvalue weighted by atomic mass is 16.4. The molecule has 0 saturated heterocycles. The van der Waals surface area contributed by atoms with Gasteiger partial charge in [-0.1, -0.05) is 38.3 Å². The summed E-state index contributed by atoms with van der Waals surface area (Å²) in [4.78, 5) is 2.43. The van der Waals surface area contributed by atoms with E-state index in [0.29, 0.717) is 11.9 Å². The number of amidine groups is 1. The van der Waals surface area contributed by atoms with Crippen LogP contribution in [0.2, 0.25) is 0 Å². The molecule has 1 rings (SSSR count). The van der Waals surface area contributed by atoms with Crippen molar-refractivity contribution in [1.29, 1.82) is 0 Å². The monoisotopic (exact) mass is 285 g/mol. The van der Waals surface area contributed by atoms with Crippen LogP contribution in [0.25, 0.3) is 0 Å². The molecule has 0 bridgehead atoms. The first-order valence-corrected chi connectivity index (χ1v) is 7.84. The molecule has 20 heavy (non-hydrogen) atoms. The lowest BCUT2D eigenvalue weighted by Crippen LogP contribution is -2.36. The van der Waals surface area contributed by atoms with Crippen molar-refractivity contribution in [3.63, 3.8) is 0 Å². The molecule has 0 spiro atoms. The predicted molar refractivity (Wildman–Crippen MR) is 82.0 cm³/mol. The fraction of sp³-hybridized carbons (Fsp3) is 0.933. The maximum Gasteiger partial charge on any atom is 0.144 e. The number of aliphatic hydroxyl groups excluding tert-OH is 1. The van der Waals surface area contributed by atoms with E-state index in [1.54, 1.807) is 0 Å². The van der Waals surface area contributed by atoms with E-state index in [4.69, 9.17) is 10.9 Å². The first-order chi connectivity index (χ1) is 9.51. The third-order valence-electron chi connectivity index (χ3n) is 4.53. The Bertz CT molecular complexity index is 299. The molecule has 5 heteroatoms. The van der Waals surface area contributed by atoms with Crippen LogP contribution in [0, 0.1) is 5.41 Å². The van der Waals surface area contributed by atoms with Crippen LogP contribution in [-0.2, 0) is 0 Å². The first kappa shape index (κ1) is 17.2. The topological polar surface area (TPSA) is 82.1 Å². The predicted octanol–water partition coefficient (Wildman–Crippen LogP) is 2.17. The summed E-state index contributed by atoms with van der Waals surface area (Å²) in [6.45, 7) is 6.08. The Kier molecular flexibility index (Phi) is 7.30. The minimum absolute atomic E-state index is 0.242. The van der Waals surface area contributed by atoms with E-state index in [9.17, 15) is 5.11 Å². The number of rotatable bonds is 9. The van der Waals surface area contributed by atoms with Crippen LogP contribution in [0.5, 0.6) is 0 Å². The van der Waals surface area contributed by atoms with Gasteiger partial charge in [0.1, 0.15) is 5.84 Å². The Morgan fingerprint density at radius 2 is 1.90 bits per heavy atom. The lowest BCUT2D eigenvalue weighted by molar-refractivity contribution is 0.148. The summed E-state index contributed by atoms with van der Waals surface area (Å²) in [5.41, 5.74) is 5.45. The van der Waals surface area contributed by atoms with Gasteiger partial charge in [-0.2, -0.15) is 0 Å². The van der Waals surface area contributed by atoms with Gasteiger partial charge in [0, 0.05) is 18.0 Å². The van der Waals surface area contributed by atoms with Crippen LogP contribution in [-0.4, -0.2) is 46.8 Å². The van der Waals surface area contributed by atoms with Crippen molar-refractivity contribution >= 4 is 5.84 Å². The minimum Gasteiger partial charge on any atom is -0.409 e. The van der Waals surface area contributed by atoms with Crippen molar-refractivity contribution in [2.75, 3.05) is 19.7 Å². The fourth-order valence-electron chi connectivity index (χ4n) is 3.02. The van der Waals surface area contributed by atoms with Crippen LogP contribution in [0.4, 0.5) is 0 Å². The molecule has 0 aromatic rings. The molecule has 1 aliphatic carbocycles. The quantitative estimate of drug-likeness (QED) is 0.199. The van der Waals surface area contributed by atoms with E-state index in [0.717, 1.165) is 32.4 Å². The summed E-state index contributed by atoms with van der Waals surface area (Å²) in [5, 5.41) is 21.1. The van der Waals surface area contributed by atoms with Crippen molar-refractivity contribution in [1.82, 2.24) is 4.90 Å². The molecule has 0 heterocycles. The van der Waals surface area contributed by atoms with Gasteiger partial charge in [-0.3, -0.25) is 4.90 Å². The number of nitrogens with two attached hydrogens (primary N) is 1. The van der Waals surface area contributed by atoms with Crippen LogP contribution < -0.4 is 5.73 Å². The van der Waals surface area contributed by atoms with Gasteiger partial charge in [0.2, 0.25) is 0 Å². The Balaban J connectivity index is 2.30. The molecule has 1 fully saturated rings. The standard InChI is InChI=1S/C15H31N3O2/c1-15(2,14(16)17-20)9-5-6-10-18(11-12-19)13-7-3-4-8-13/h13,19-20H,3-12H2,1-2H3,(H2,16,17). The normalized spacial score (nSPS) is 18.1. The number of unbranched alkanes of at least 4 members (excludes halogenated alkanes) is 1. The molecule has 4 N–H and O–H groups in total. The molecule has 0 amide bonds. The Morgan fingerprint density at radius 1 is 1.25 bits per heavy atom. The third-order valence-corrected chi connectivity index (χ3v) is 4.53. The molecule has 1 aliphatic rings. The fourth-order valence-corrected chi connectivity index (χ4v) is 3.02. The molecule has 118 valence electrons. The zero-order valence-electron chi connectivity index (χ0n) is 13.0. The van der Waals surface area contributed by atoms with Gasteiger partial charge in [-0.25, -0.2) is 0 Å². The molecule has 0 aromatic heterocycles. The van der Waals surface area contributed by atoms with Crippen molar-refractivity contribution in [3.8, 4) is 0 Å². The molecular weight excluding hydrogens is 254 g/mol. The van der Waals surface area contributed by atoms with Crippen molar-refractivity contribution in [2.24, 2.45) is 16.3 Å². The van der Waals surface area contributed by atoms with Crippen molar-refractivity contribution in [3.05, 3.63) is 0 Å². The molecule has 0 radical (unpaired) electrons. The Hall–Kier alpha value is -0.810. The highest BCUT2D eigenvalue weighted by Gasteiger charge is 2.24. The van der Waals surface area contributed by atoms with Crippen LogP contribution in [0.15, 0.2) is 5.16 Å². The van der Waals surface area contributed by atoms with E-state index >= 15 is 0 Å². The molecule has 1 saturated carbocycles. The van der Waals surface area contributed by atoms with Crippen LogP contribution in [0.1, 0.15) is 58.8 Å². The second-order valence-corrected chi connectivity index (χ2v) is 6.52. The molecule has 0 atom stereocenters. The number of nitrogens with zero attached hydrogens (tertiary/aromatic N) is 2. The van der Waals surface area contributed by atoms with Gasteiger partial charge >= 0.3 is 0 Å². The molecule has 0 aromatic carbocycles. The van der Waals surface area contributed by atoms with E-state index in [1.807, 2.05) is 13.8 Å². The highest BCUT2D eigenvalue weighted by molar-refractivity contribution is 5.85. The maximum absolute atomic E-state index is 9.19. The van der Waals surface area contributed by atoms with E-state index < -0.39 is 0 Å². The van der Waals surface area contributed by atoms with Gasteiger partial charge < -0.3 is 16.0 Å². The average molecular weight is 285 g/mol. The minimum atomic E-state index is -0.246. The van der Waals surface area contributed by atoms with E-state index in [-0.39, 0.29) is 12.0 Å². The van der Waals surface area contributed by atoms with Gasteiger partial charge in [0.05, 0.1) is 6.61 Å². The molecule has 0 unspecified atom stereocenters.